The molecule has 0 atom stereocenters. The average Bonchev–Trinajstić information content (AvgIpc) is 2.24. The molecule has 0 aliphatic heterocycles. The molecule has 1 aromatic carbocycles. The van der Waals surface area contributed by atoms with Crippen molar-refractivity contribution < 1.29 is 4.39 Å². The summed E-state index contributed by atoms with van der Waals surface area (Å²) >= 11 is 0. The third kappa shape index (κ3) is 2.72. The van der Waals surface area contributed by atoms with Gasteiger partial charge < -0.3 is 4.90 Å². The number of nitriles is 1. The van der Waals surface area contributed by atoms with E-state index < -0.39 is 5.82 Å². The second-order valence-corrected chi connectivity index (χ2v) is 3.03. The van der Waals surface area contributed by atoms with Crippen molar-refractivity contribution >= 4 is 5.69 Å². The molecule has 0 amide bonds. The maximum Gasteiger partial charge on any atom is 0.126 e. The molecule has 0 unspecified atom stereocenters. The second kappa shape index (κ2) is 5.02. The smallest absolute Gasteiger partial charge is 0.126 e. The van der Waals surface area contributed by atoms with Gasteiger partial charge in [-0.05, 0) is 25.1 Å². The molecule has 0 radical (unpaired) electrons. The molecule has 2 nitrogen and oxygen atoms in total. The lowest BCUT2D eigenvalue weighted by molar-refractivity contribution is 0.626. The topological polar surface area (TPSA) is 27.0 Å². The highest BCUT2D eigenvalue weighted by Crippen LogP contribution is 2.17. The van der Waals surface area contributed by atoms with Crippen LogP contribution in [0.25, 0.3) is 0 Å². The normalized spacial score (nSPS) is 9.07. The van der Waals surface area contributed by atoms with Gasteiger partial charge in [-0.3, -0.25) is 0 Å². The van der Waals surface area contributed by atoms with E-state index in [1.807, 2.05) is 17.9 Å². The van der Waals surface area contributed by atoms with Gasteiger partial charge in [-0.25, -0.2) is 4.39 Å². The van der Waals surface area contributed by atoms with Gasteiger partial charge >= 0.3 is 0 Å². The molecule has 3 heteroatoms. The predicted molar refractivity (Wildman–Crippen MR) is 57.8 cm³/mol. The minimum absolute atomic E-state index is 0.306. The van der Waals surface area contributed by atoms with Crippen molar-refractivity contribution in [2.75, 3.05) is 18.0 Å². The van der Waals surface area contributed by atoms with Crippen molar-refractivity contribution in [2.24, 2.45) is 0 Å². The summed E-state index contributed by atoms with van der Waals surface area (Å²) in [5.41, 5.74) is 0.951. The van der Waals surface area contributed by atoms with Crippen LogP contribution >= 0.6 is 0 Å². The van der Waals surface area contributed by atoms with Crippen molar-refractivity contribution in [3.63, 3.8) is 0 Å². The molecule has 1 rings (SSSR count). The zero-order chi connectivity index (χ0) is 11.3. The summed E-state index contributed by atoms with van der Waals surface area (Å²) in [6, 6.07) is 6.12. The minimum atomic E-state index is -0.417. The van der Waals surface area contributed by atoms with Crippen LogP contribution in [-0.4, -0.2) is 13.1 Å². The Balaban J connectivity index is 3.08. The molecular weight excluding hydrogens is 191 g/mol. The van der Waals surface area contributed by atoms with E-state index in [1.165, 1.54) is 12.1 Å². The predicted octanol–water partition coefficient (Wildman–Crippen LogP) is 2.16. The van der Waals surface area contributed by atoms with Crippen LogP contribution in [0.15, 0.2) is 18.2 Å². The molecule has 1 aromatic rings. The van der Waals surface area contributed by atoms with Gasteiger partial charge in [0.05, 0.1) is 18.2 Å². The number of terminal acetylenes is 1. The van der Waals surface area contributed by atoms with Crippen molar-refractivity contribution in [3.8, 4) is 18.4 Å². The third-order valence-electron chi connectivity index (χ3n) is 2.04. The third-order valence-corrected chi connectivity index (χ3v) is 2.04. The van der Waals surface area contributed by atoms with E-state index >= 15 is 0 Å². The van der Waals surface area contributed by atoms with E-state index in [0.29, 0.717) is 24.3 Å². The number of anilines is 1. The maximum atomic E-state index is 13.1. The monoisotopic (exact) mass is 202 g/mol. The van der Waals surface area contributed by atoms with E-state index in [9.17, 15) is 4.39 Å². The molecule has 0 saturated heterocycles. The molecule has 0 bridgehead atoms. The fourth-order valence-corrected chi connectivity index (χ4v) is 1.32. The summed E-state index contributed by atoms with van der Waals surface area (Å²) < 4.78 is 13.1. The quantitative estimate of drug-likeness (QED) is 0.702. The van der Waals surface area contributed by atoms with E-state index in [1.54, 1.807) is 6.07 Å². The van der Waals surface area contributed by atoms with Gasteiger partial charge in [-0.15, -0.1) is 6.42 Å². The summed E-state index contributed by atoms with van der Waals surface area (Å²) in [4.78, 5) is 1.82. The molecule has 0 aromatic heterocycles. The van der Waals surface area contributed by atoms with E-state index in [4.69, 9.17) is 11.7 Å². The van der Waals surface area contributed by atoms with E-state index in [-0.39, 0.29) is 0 Å². The van der Waals surface area contributed by atoms with E-state index in [0.717, 1.165) is 0 Å². The van der Waals surface area contributed by atoms with Crippen LogP contribution in [0.1, 0.15) is 12.5 Å². The van der Waals surface area contributed by atoms with Gasteiger partial charge in [0.25, 0.3) is 0 Å². The summed E-state index contributed by atoms with van der Waals surface area (Å²) in [6.07, 6.45) is 5.20. The lowest BCUT2D eigenvalue weighted by Gasteiger charge is -2.20. The van der Waals surface area contributed by atoms with Gasteiger partial charge in [0.2, 0.25) is 0 Å². The van der Waals surface area contributed by atoms with Crippen LogP contribution in [0, 0.1) is 29.5 Å². The molecule has 0 fully saturated rings. The lowest BCUT2D eigenvalue weighted by Crippen LogP contribution is -2.22. The van der Waals surface area contributed by atoms with Gasteiger partial charge in [0.1, 0.15) is 5.82 Å². The Hall–Kier alpha value is -2.00. The first kappa shape index (κ1) is 11.1. The summed E-state index contributed by atoms with van der Waals surface area (Å²) in [7, 11) is 0. The number of nitrogens with zero attached hydrogens (tertiary/aromatic N) is 2. The summed E-state index contributed by atoms with van der Waals surface area (Å²) in [5.74, 6) is 2.08. The number of hydrogen-bond donors (Lipinski definition) is 0. The van der Waals surface area contributed by atoms with Gasteiger partial charge in [0.15, 0.2) is 0 Å². The molecule has 0 aliphatic rings. The Morgan fingerprint density at radius 3 is 2.73 bits per heavy atom. The molecule has 0 spiro atoms. The van der Waals surface area contributed by atoms with Crippen molar-refractivity contribution in [1.29, 1.82) is 5.26 Å². The molecule has 76 valence electrons. The highest BCUT2D eigenvalue weighted by Gasteiger charge is 2.06. The molecule has 0 heterocycles. The van der Waals surface area contributed by atoms with Gasteiger partial charge in [-0.1, -0.05) is 5.92 Å². The Bertz CT molecular complexity index is 426. The fraction of sp³-hybridized carbons (Fsp3) is 0.250. The van der Waals surface area contributed by atoms with Crippen molar-refractivity contribution in [2.45, 2.75) is 6.92 Å². The maximum absolute atomic E-state index is 13.1. The zero-order valence-corrected chi connectivity index (χ0v) is 8.50. The average molecular weight is 202 g/mol. The molecule has 0 saturated carbocycles. The number of benzene rings is 1. The summed E-state index contributed by atoms with van der Waals surface area (Å²) in [6.45, 7) is 3.01. The number of hydrogen-bond acceptors (Lipinski definition) is 2. The lowest BCUT2D eigenvalue weighted by atomic mass is 10.2. The zero-order valence-electron chi connectivity index (χ0n) is 8.50. The number of halogens is 1. The Labute approximate surface area is 88.9 Å². The van der Waals surface area contributed by atoms with Crippen LogP contribution in [0.2, 0.25) is 0 Å². The van der Waals surface area contributed by atoms with Crippen LogP contribution in [0.5, 0.6) is 0 Å². The first-order valence-corrected chi connectivity index (χ1v) is 4.60. The largest absolute Gasteiger partial charge is 0.361 e. The van der Waals surface area contributed by atoms with Gasteiger partial charge in [-0.2, -0.15) is 5.26 Å². The first-order chi connectivity index (χ1) is 7.21. The molecule has 15 heavy (non-hydrogen) atoms. The highest BCUT2D eigenvalue weighted by atomic mass is 19.1. The molecular formula is C12H11FN2. The Kier molecular flexibility index (Phi) is 3.71. The molecule has 0 N–H and O–H groups in total. The Morgan fingerprint density at radius 1 is 1.47 bits per heavy atom. The Morgan fingerprint density at radius 2 is 2.20 bits per heavy atom. The van der Waals surface area contributed by atoms with Crippen LogP contribution in [0.3, 0.4) is 0 Å². The fourth-order valence-electron chi connectivity index (χ4n) is 1.32. The van der Waals surface area contributed by atoms with Crippen LogP contribution in [-0.2, 0) is 0 Å². The second-order valence-electron chi connectivity index (χ2n) is 3.03. The summed E-state index contributed by atoms with van der Waals surface area (Å²) in [5, 5.41) is 8.70. The van der Waals surface area contributed by atoms with Crippen molar-refractivity contribution in [1.82, 2.24) is 0 Å². The van der Waals surface area contributed by atoms with E-state index in [2.05, 4.69) is 5.92 Å². The number of rotatable bonds is 3. The SMILES string of the molecule is C#CCN(CC)c1cc(F)cc(C#N)c1. The van der Waals surface area contributed by atoms with Crippen LogP contribution < -0.4 is 4.90 Å². The van der Waals surface area contributed by atoms with Crippen LogP contribution in [0.4, 0.5) is 10.1 Å². The standard InChI is InChI=1S/C12H11FN2/c1-3-5-15(4-2)12-7-10(9-14)6-11(13)8-12/h1,6-8H,4-5H2,2H3. The van der Waals surface area contributed by atoms with Crippen molar-refractivity contribution in [3.05, 3.63) is 29.6 Å². The first-order valence-electron chi connectivity index (χ1n) is 4.60. The minimum Gasteiger partial charge on any atom is -0.361 e. The molecule has 0 aliphatic carbocycles. The highest BCUT2D eigenvalue weighted by molar-refractivity contribution is 5.52. The van der Waals surface area contributed by atoms with Gasteiger partial charge in [0, 0.05) is 12.2 Å².